The highest BCUT2D eigenvalue weighted by molar-refractivity contribution is 5.81. The quantitative estimate of drug-likeness (QED) is 0.775. The molecule has 92 valence electrons. The van der Waals surface area contributed by atoms with Crippen LogP contribution in [0.15, 0.2) is 0 Å². The van der Waals surface area contributed by atoms with E-state index in [4.69, 9.17) is 5.11 Å². The van der Waals surface area contributed by atoms with Crippen LogP contribution >= 0.6 is 0 Å². The molecule has 16 heavy (non-hydrogen) atoms. The van der Waals surface area contributed by atoms with E-state index >= 15 is 0 Å². The monoisotopic (exact) mass is 240 g/mol. The molecule has 0 spiro atoms. The van der Waals surface area contributed by atoms with Crippen LogP contribution in [0.1, 0.15) is 6.42 Å². The van der Waals surface area contributed by atoms with Crippen molar-refractivity contribution < 1.29 is 27.9 Å². The first-order valence-electron chi connectivity index (χ1n) is 4.55. The molecule has 1 atom stereocenters. The van der Waals surface area contributed by atoms with Gasteiger partial charge in [-0.2, -0.15) is 13.2 Å². The Bertz CT molecular complexity index is 305. The van der Waals surface area contributed by atoms with Gasteiger partial charge >= 0.3 is 18.2 Å². The van der Waals surface area contributed by atoms with E-state index in [1.807, 2.05) is 0 Å². The third-order valence-electron chi connectivity index (χ3n) is 2.46. The van der Waals surface area contributed by atoms with E-state index in [9.17, 15) is 22.8 Å². The lowest BCUT2D eigenvalue weighted by Gasteiger charge is -2.40. The molecule has 1 N–H and O–H groups in total. The maximum atomic E-state index is 12.0. The fourth-order valence-corrected chi connectivity index (χ4v) is 1.50. The molecule has 0 bridgehead atoms. The van der Waals surface area contributed by atoms with Crippen molar-refractivity contribution in [2.45, 2.75) is 18.6 Å². The van der Waals surface area contributed by atoms with Gasteiger partial charge in [0, 0.05) is 20.1 Å². The molecule has 0 radical (unpaired) electrons. The van der Waals surface area contributed by atoms with Crippen molar-refractivity contribution >= 4 is 12.0 Å². The van der Waals surface area contributed by atoms with Crippen molar-refractivity contribution in [2.75, 3.05) is 20.1 Å². The molecule has 1 unspecified atom stereocenters. The van der Waals surface area contributed by atoms with Gasteiger partial charge in [0.25, 0.3) is 0 Å². The smallest absolute Gasteiger partial charge is 0.465 e. The van der Waals surface area contributed by atoms with Crippen LogP contribution in [-0.2, 0) is 4.79 Å². The zero-order valence-corrected chi connectivity index (χ0v) is 8.49. The van der Waals surface area contributed by atoms with E-state index in [0.29, 0.717) is 17.9 Å². The van der Waals surface area contributed by atoms with Crippen LogP contribution in [-0.4, -0.2) is 59.3 Å². The Morgan fingerprint density at radius 1 is 1.50 bits per heavy atom. The molecule has 0 aromatic heterocycles. The van der Waals surface area contributed by atoms with E-state index in [-0.39, 0.29) is 6.54 Å². The van der Waals surface area contributed by atoms with Gasteiger partial charge in [0.05, 0.1) is 6.04 Å². The summed E-state index contributed by atoms with van der Waals surface area (Å²) in [5.41, 5.74) is 0. The Balaban J connectivity index is 2.49. The predicted molar refractivity (Wildman–Crippen MR) is 46.8 cm³/mol. The van der Waals surface area contributed by atoms with Gasteiger partial charge in [0.1, 0.15) is 0 Å². The van der Waals surface area contributed by atoms with Crippen molar-refractivity contribution in [3.8, 4) is 0 Å². The molecule has 1 heterocycles. The summed E-state index contributed by atoms with van der Waals surface area (Å²) in [6.45, 7) is 0.0681. The van der Waals surface area contributed by atoms with Crippen molar-refractivity contribution in [3.05, 3.63) is 0 Å². The van der Waals surface area contributed by atoms with Gasteiger partial charge in [-0.1, -0.05) is 0 Å². The minimum absolute atomic E-state index is 0.232. The topological polar surface area (TPSA) is 60.9 Å². The molecule has 1 saturated heterocycles. The number of likely N-dealkylation sites (N-methyl/N-ethyl adjacent to an activating group) is 1. The maximum Gasteiger partial charge on any atom is 0.471 e. The molecule has 0 aliphatic carbocycles. The molecule has 0 aromatic rings. The minimum atomic E-state index is -4.91. The Morgan fingerprint density at radius 2 is 2.06 bits per heavy atom. The average Bonchev–Trinajstić information content (AvgIpc) is 2.08. The number of hydrogen-bond donors (Lipinski definition) is 1. The first-order valence-corrected chi connectivity index (χ1v) is 4.55. The second kappa shape index (κ2) is 4.18. The highest BCUT2D eigenvalue weighted by Crippen LogP contribution is 2.21. The SMILES string of the molecule is CN(CC1CCN1C(=O)O)C(=O)C(F)(F)F. The fraction of sp³-hybridized carbons (Fsp3) is 0.750. The summed E-state index contributed by atoms with van der Waals surface area (Å²) in [5, 5.41) is 8.62. The van der Waals surface area contributed by atoms with Gasteiger partial charge in [0.15, 0.2) is 0 Å². The summed E-state index contributed by atoms with van der Waals surface area (Å²) >= 11 is 0. The molecular formula is C8H11F3N2O3. The molecule has 8 heteroatoms. The van der Waals surface area contributed by atoms with Crippen LogP contribution in [0.4, 0.5) is 18.0 Å². The second-order valence-corrected chi connectivity index (χ2v) is 3.60. The number of carbonyl (C=O) groups is 2. The standard InChI is InChI=1S/C8H11F3N2O3/c1-12(6(14)8(9,10)11)4-5-2-3-13(5)7(15)16/h5H,2-4H2,1H3,(H,15,16). The van der Waals surface area contributed by atoms with E-state index in [2.05, 4.69) is 0 Å². The van der Waals surface area contributed by atoms with Crippen molar-refractivity contribution in [1.29, 1.82) is 0 Å². The molecule has 5 nitrogen and oxygen atoms in total. The lowest BCUT2D eigenvalue weighted by Crippen LogP contribution is -2.56. The number of likely N-dealkylation sites (tertiary alicyclic amines) is 1. The third-order valence-corrected chi connectivity index (χ3v) is 2.46. The maximum absolute atomic E-state index is 12.0. The zero-order valence-electron chi connectivity index (χ0n) is 8.49. The van der Waals surface area contributed by atoms with E-state index in [1.165, 1.54) is 0 Å². The Kier molecular flexibility index (Phi) is 3.30. The number of carboxylic acid groups (broad SMARTS) is 1. The first-order chi connectivity index (χ1) is 7.23. The van der Waals surface area contributed by atoms with Crippen LogP contribution in [0.3, 0.4) is 0 Å². The largest absolute Gasteiger partial charge is 0.471 e. The lowest BCUT2D eigenvalue weighted by molar-refractivity contribution is -0.185. The second-order valence-electron chi connectivity index (χ2n) is 3.60. The van der Waals surface area contributed by atoms with Crippen LogP contribution in [0.5, 0.6) is 0 Å². The van der Waals surface area contributed by atoms with Crippen LogP contribution < -0.4 is 0 Å². The molecule has 2 amide bonds. The molecular weight excluding hydrogens is 229 g/mol. The normalized spacial score (nSPS) is 20.2. The predicted octanol–water partition coefficient (Wildman–Crippen LogP) is 0.759. The van der Waals surface area contributed by atoms with Gasteiger partial charge in [-0.3, -0.25) is 4.79 Å². The van der Waals surface area contributed by atoms with Crippen molar-refractivity contribution in [2.24, 2.45) is 0 Å². The Morgan fingerprint density at radius 3 is 2.38 bits per heavy atom. The summed E-state index contributed by atoms with van der Waals surface area (Å²) < 4.78 is 36.0. The van der Waals surface area contributed by atoms with Crippen molar-refractivity contribution in [3.63, 3.8) is 0 Å². The van der Waals surface area contributed by atoms with Crippen LogP contribution in [0.25, 0.3) is 0 Å². The molecule has 1 rings (SSSR count). The van der Waals surface area contributed by atoms with Gasteiger partial charge in [-0.15, -0.1) is 0 Å². The highest BCUT2D eigenvalue weighted by Gasteiger charge is 2.43. The first kappa shape index (κ1) is 12.6. The number of hydrogen-bond acceptors (Lipinski definition) is 2. The van der Waals surface area contributed by atoms with Gasteiger partial charge < -0.3 is 14.9 Å². The van der Waals surface area contributed by atoms with E-state index in [0.717, 1.165) is 11.9 Å². The van der Waals surface area contributed by atoms with E-state index < -0.39 is 24.2 Å². The Labute approximate surface area is 89.4 Å². The number of rotatable bonds is 2. The Hall–Kier alpha value is -1.47. The van der Waals surface area contributed by atoms with Gasteiger partial charge in [-0.25, -0.2) is 4.79 Å². The highest BCUT2D eigenvalue weighted by atomic mass is 19.4. The summed E-state index contributed by atoms with van der Waals surface area (Å²) in [6, 6.07) is -0.534. The fourth-order valence-electron chi connectivity index (χ4n) is 1.50. The summed E-state index contributed by atoms with van der Waals surface area (Å²) in [7, 11) is 1.01. The number of alkyl halides is 3. The summed E-state index contributed by atoms with van der Waals surface area (Å²) in [6.07, 6.45) is -5.61. The summed E-state index contributed by atoms with van der Waals surface area (Å²) in [5.74, 6) is -1.95. The zero-order chi connectivity index (χ0) is 12.5. The van der Waals surface area contributed by atoms with Crippen LogP contribution in [0.2, 0.25) is 0 Å². The average molecular weight is 240 g/mol. The number of carbonyl (C=O) groups excluding carboxylic acids is 1. The lowest BCUT2D eigenvalue weighted by atomic mass is 10.0. The molecule has 1 aliphatic heterocycles. The van der Waals surface area contributed by atoms with Gasteiger partial charge in [-0.05, 0) is 6.42 Å². The summed E-state index contributed by atoms with van der Waals surface area (Å²) in [4.78, 5) is 22.8. The molecule has 0 aromatic carbocycles. The third kappa shape index (κ3) is 2.56. The molecule has 1 fully saturated rings. The number of halogens is 3. The molecule has 0 saturated carbocycles. The molecule has 1 aliphatic rings. The minimum Gasteiger partial charge on any atom is -0.465 e. The number of amides is 2. The number of nitrogens with zero attached hydrogens (tertiary/aromatic N) is 2. The van der Waals surface area contributed by atoms with Crippen LogP contribution in [0, 0.1) is 0 Å². The van der Waals surface area contributed by atoms with Crippen molar-refractivity contribution in [1.82, 2.24) is 9.80 Å². The van der Waals surface area contributed by atoms with Gasteiger partial charge in [0.2, 0.25) is 0 Å². The van der Waals surface area contributed by atoms with E-state index in [1.54, 1.807) is 0 Å².